The highest BCUT2D eigenvalue weighted by Crippen LogP contribution is 2.22. The molecule has 7 nitrogen and oxygen atoms in total. The molecular formula is C25H23ClN2O5. The number of rotatable bonds is 10. The van der Waals surface area contributed by atoms with Gasteiger partial charge in [0.1, 0.15) is 17.2 Å². The Morgan fingerprint density at radius 2 is 1.64 bits per heavy atom. The van der Waals surface area contributed by atoms with Crippen LogP contribution in [0.4, 0.5) is 0 Å². The highest BCUT2D eigenvalue weighted by molar-refractivity contribution is 6.32. The molecule has 33 heavy (non-hydrogen) atoms. The SMILES string of the molecule is CCCOc1ccc(C(=O)Oc2ccc(C=NNC(=O)COc3ccccc3Cl)cc2)cc1. The van der Waals surface area contributed by atoms with Crippen molar-refractivity contribution in [3.05, 3.63) is 88.9 Å². The lowest BCUT2D eigenvalue weighted by Crippen LogP contribution is -2.24. The van der Waals surface area contributed by atoms with Crippen LogP contribution >= 0.6 is 11.6 Å². The van der Waals surface area contributed by atoms with Gasteiger partial charge in [-0.15, -0.1) is 0 Å². The number of carbonyl (C=O) groups is 2. The Morgan fingerprint density at radius 1 is 0.939 bits per heavy atom. The molecule has 0 unspecified atom stereocenters. The minimum atomic E-state index is -0.468. The van der Waals surface area contributed by atoms with Crippen molar-refractivity contribution in [2.24, 2.45) is 5.10 Å². The number of esters is 1. The molecule has 0 bridgehead atoms. The van der Waals surface area contributed by atoms with Crippen molar-refractivity contribution >= 4 is 29.7 Å². The van der Waals surface area contributed by atoms with E-state index in [1.807, 2.05) is 6.92 Å². The Labute approximate surface area is 196 Å². The van der Waals surface area contributed by atoms with Gasteiger partial charge in [0, 0.05) is 0 Å². The third-order valence-corrected chi connectivity index (χ3v) is 4.56. The lowest BCUT2D eigenvalue weighted by molar-refractivity contribution is -0.123. The molecule has 3 aromatic rings. The lowest BCUT2D eigenvalue weighted by Gasteiger charge is -2.07. The first-order valence-electron chi connectivity index (χ1n) is 10.3. The summed E-state index contributed by atoms with van der Waals surface area (Å²) >= 11 is 5.97. The second kappa shape index (κ2) is 12.3. The van der Waals surface area contributed by atoms with Gasteiger partial charge in [-0.25, -0.2) is 10.2 Å². The van der Waals surface area contributed by atoms with Crippen molar-refractivity contribution in [3.63, 3.8) is 0 Å². The molecule has 0 atom stereocenters. The van der Waals surface area contributed by atoms with Gasteiger partial charge in [0.25, 0.3) is 5.91 Å². The van der Waals surface area contributed by atoms with Crippen LogP contribution in [0.2, 0.25) is 5.02 Å². The Kier molecular flexibility index (Phi) is 8.85. The van der Waals surface area contributed by atoms with Crippen LogP contribution in [0.25, 0.3) is 0 Å². The van der Waals surface area contributed by atoms with Gasteiger partial charge in [-0.1, -0.05) is 30.7 Å². The van der Waals surface area contributed by atoms with Gasteiger partial charge in [-0.05, 0) is 72.6 Å². The van der Waals surface area contributed by atoms with Crippen LogP contribution in [-0.4, -0.2) is 31.3 Å². The summed E-state index contributed by atoms with van der Waals surface area (Å²) in [4.78, 5) is 24.1. The number of benzene rings is 3. The molecule has 0 fully saturated rings. The number of ether oxygens (including phenoxy) is 3. The molecule has 0 spiro atoms. The zero-order valence-corrected chi connectivity index (χ0v) is 18.7. The van der Waals surface area contributed by atoms with Crippen molar-refractivity contribution in [2.45, 2.75) is 13.3 Å². The largest absolute Gasteiger partial charge is 0.494 e. The highest BCUT2D eigenvalue weighted by Gasteiger charge is 2.09. The number of hydrazone groups is 1. The standard InChI is InChI=1S/C25H23ClN2O5/c1-2-15-31-20-13-9-19(10-14-20)25(30)33-21-11-7-18(8-12-21)16-27-28-24(29)17-32-23-6-4-3-5-22(23)26/h3-14,16H,2,15,17H2,1H3,(H,28,29). The third-order valence-electron chi connectivity index (χ3n) is 4.25. The van der Waals surface area contributed by atoms with E-state index in [4.69, 9.17) is 25.8 Å². The first-order chi connectivity index (χ1) is 16.0. The zero-order chi connectivity index (χ0) is 23.5. The summed E-state index contributed by atoms with van der Waals surface area (Å²) in [5.41, 5.74) is 3.50. The normalized spacial score (nSPS) is 10.6. The van der Waals surface area contributed by atoms with Crippen LogP contribution < -0.4 is 19.6 Å². The molecule has 0 aromatic heterocycles. The summed E-state index contributed by atoms with van der Waals surface area (Å²) in [5, 5.41) is 4.31. The molecule has 0 aliphatic heterocycles. The molecule has 8 heteroatoms. The van der Waals surface area contributed by atoms with Crippen LogP contribution in [0, 0.1) is 0 Å². The third kappa shape index (κ3) is 7.66. The number of halogens is 1. The van der Waals surface area contributed by atoms with Gasteiger partial charge in [-0.3, -0.25) is 4.79 Å². The average molecular weight is 467 g/mol. The first-order valence-corrected chi connectivity index (χ1v) is 10.7. The van der Waals surface area contributed by atoms with Crippen molar-refractivity contribution in [2.75, 3.05) is 13.2 Å². The van der Waals surface area contributed by atoms with Gasteiger partial charge in [0.05, 0.1) is 23.4 Å². The van der Waals surface area contributed by atoms with Gasteiger partial charge < -0.3 is 14.2 Å². The smallest absolute Gasteiger partial charge is 0.343 e. The van der Waals surface area contributed by atoms with Gasteiger partial charge >= 0.3 is 5.97 Å². The molecule has 3 aromatic carbocycles. The van der Waals surface area contributed by atoms with Gasteiger partial charge in [-0.2, -0.15) is 5.10 Å². The van der Waals surface area contributed by atoms with E-state index in [1.165, 1.54) is 6.21 Å². The molecule has 1 amide bonds. The van der Waals surface area contributed by atoms with E-state index >= 15 is 0 Å². The topological polar surface area (TPSA) is 86.2 Å². The van der Waals surface area contributed by atoms with Crippen molar-refractivity contribution in [3.8, 4) is 17.2 Å². The zero-order valence-electron chi connectivity index (χ0n) is 18.0. The van der Waals surface area contributed by atoms with E-state index in [-0.39, 0.29) is 6.61 Å². The van der Waals surface area contributed by atoms with Crippen LogP contribution in [0.15, 0.2) is 77.9 Å². The monoisotopic (exact) mass is 466 g/mol. The second-order valence-electron chi connectivity index (χ2n) is 6.84. The van der Waals surface area contributed by atoms with Crippen LogP contribution in [0.5, 0.6) is 17.2 Å². The maximum absolute atomic E-state index is 12.3. The number of hydrogen-bond donors (Lipinski definition) is 1. The number of para-hydroxylation sites is 1. The Morgan fingerprint density at radius 3 is 2.33 bits per heavy atom. The van der Waals surface area contributed by atoms with Crippen molar-refractivity contribution in [1.29, 1.82) is 0 Å². The molecule has 0 aliphatic carbocycles. The molecule has 0 heterocycles. The fourth-order valence-electron chi connectivity index (χ4n) is 2.61. The lowest BCUT2D eigenvalue weighted by atomic mass is 10.2. The number of amides is 1. The Balaban J connectivity index is 1.45. The first kappa shape index (κ1) is 23.8. The molecule has 3 rings (SSSR count). The molecule has 0 aliphatic rings. The summed E-state index contributed by atoms with van der Waals surface area (Å²) in [7, 11) is 0. The number of nitrogens with one attached hydrogen (secondary N) is 1. The summed E-state index contributed by atoms with van der Waals surface area (Å²) in [5.74, 6) is 0.622. The fraction of sp³-hybridized carbons (Fsp3) is 0.160. The fourth-order valence-corrected chi connectivity index (χ4v) is 2.80. The average Bonchev–Trinajstić information content (AvgIpc) is 2.83. The Hall–Kier alpha value is -3.84. The van der Waals surface area contributed by atoms with Gasteiger partial charge in [0.2, 0.25) is 0 Å². The van der Waals surface area contributed by atoms with E-state index in [0.717, 1.165) is 6.42 Å². The predicted molar refractivity (Wildman–Crippen MR) is 126 cm³/mol. The molecular weight excluding hydrogens is 444 g/mol. The number of carbonyl (C=O) groups excluding carboxylic acids is 2. The minimum Gasteiger partial charge on any atom is -0.494 e. The van der Waals surface area contributed by atoms with E-state index in [0.29, 0.717) is 40.0 Å². The van der Waals surface area contributed by atoms with E-state index in [1.54, 1.807) is 72.8 Å². The minimum absolute atomic E-state index is 0.221. The quantitative estimate of drug-likeness (QED) is 0.199. The van der Waals surface area contributed by atoms with Crippen LogP contribution in [0.1, 0.15) is 29.3 Å². The highest BCUT2D eigenvalue weighted by atomic mass is 35.5. The molecule has 1 N–H and O–H groups in total. The van der Waals surface area contributed by atoms with Crippen LogP contribution in [0.3, 0.4) is 0 Å². The second-order valence-corrected chi connectivity index (χ2v) is 7.25. The van der Waals surface area contributed by atoms with Crippen molar-refractivity contribution < 1.29 is 23.8 Å². The summed E-state index contributed by atoms with van der Waals surface area (Å²) in [6.07, 6.45) is 2.38. The number of hydrogen-bond acceptors (Lipinski definition) is 6. The van der Waals surface area contributed by atoms with E-state index in [9.17, 15) is 9.59 Å². The van der Waals surface area contributed by atoms with Crippen molar-refractivity contribution in [1.82, 2.24) is 5.43 Å². The molecule has 0 saturated carbocycles. The Bertz CT molecular complexity index is 1100. The summed E-state index contributed by atoms with van der Waals surface area (Å²) in [6, 6.07) is 20.4. The maximum atomic E-state index is 12.3. The maximum Gasteiger partial charge on any atom is 0.343 e. The van der Waals surface area contributed by atoms with Crippen LogP contribution in [-0.2, 0) is 4.79 Å². The number of nitrogens with zero attached hydrogens (tertiary/aromatic N) is 1. The molecule has 0 saturated heterocycles. The van der Waals surface area contributed by atoms with E-state index < -0.39 is 11.9 Å². The van der Waals surface area contributed by atoms with Gasteiger partial charge in [0.15, 0.2) is 6.61 Å². The molecule has 0 radical (unpaired) electrons. The summed E-state index contributed by atoms with van der Waals surface area (Å²) < 4.78 is 16.2. The molecule has 170 valence electrons. The summed E-state index contributed by atoms with van der Waals surface area (Å²) in [6.45, 7) is 2.43. The predicted octanol–water partition coefficient (Wildman–Crippen LogP) is 4.88. The van der Waals surface area contributed by atoms with E-state index in [2.05, 4.69) is 10.5 Å².